The number of carbonyl (C=O) groups is 1. The lowest BCUT2D eigenvalue weighted by molar-refractivity contribution is -0.144. The fraction of sp³-hybridized carbons (Fsp3) is 0.571. The molecule has 0 bridgehead atoms. The highest BCUT2D eigenvalue weighted by molar-refractivity contribution is 5.76. The Kier molecular flexibility index (Phi) is 2.84. The molecule has 0 aromatic carbocycles. The lowest BCUT2D eigenvalue weighted by Gasteiger charge is -2.05. The van der Waals surface area contributed by atoms with Crippen LogP contribution in [0.5, 0.6) is 0 Å². The van der Waals surface area contributed by atoms with E-state index in [4.69, 9.17) is 4.74 Å². The average Bonchev–Trinajstić information content (AvgIpc) is 2.51. The Morgan fingerprint density at radius 3 is 2.85 bits per heavy atom. The summed E-state index contributed by atoms with van der Waals surface area (Å²) >= 11 is 0. The summed E-state index contributed by atoms with van der Waals surface area (Å²) in [5.74, 6) is -0.646. The molecule has 0 radical (unpaired) electrons. The number of esters is 1. The number of rotatable bonds is 3. The van der Waals surface area contributed by atoms with Crippen LogP contribution in [0.15, 0.2) is 4.79 Å². The molecule has 0 aliphatic carbocycles. The molecule has 0 saturated heterocycles. The molecule has 6 heteroatoms. The Morgan fingerprint density at radius 1 is 1.69 bits per heavy atom. The number of nitrogens with zero attached hydrogens (tertiary/aromatic N) is 1. The number of ether oxygens (including phenoxy) is 1. The minimum atomic E-state index is -0.543. The molecule has 1 heterocycles. The van der Waals surface area contributed by atoms with Crippen molar-refractivity contribution in [2.45, 2.75) is 19.8 Å². The number of hydrogen-bond donors (Lipinski definition) is 2. The van der Waals surface area contributed by atoms with Crippen molar-refractivity contribution >= 4 is 5.97 Å². The van der Waals surface area contributed by atoms with E-state index in [1.807, 2.05) is 0 Å². The lowest BCUT2D eigenvalue weighted by atomic mass is 10.2. The first-order chi connectivity index (χ1) is 6.15. The van der Waals surface area contributed by atoms with Crippen molar-refractivity contribution in [1.82, 2.24) is 15.2 Å². The molecule has 1 rings (SSSR count). The van der Waals surface area contributed by atoms with E-state index < -0.39 is 17.6 Å². The molecule has 0 amide bonds. The highest BCUT2D eigenvalue weighted by Gasteiger charge is 2.19. The molecule has 0 aliphatic heterocycles. The van der Waals surface area contributed by atoms with E-state index in [0.29, 0.717) is 12.4 Å². The second kappa shape index (κ2) is 3.88. The number of H-pyrrole nitrogens is 2. The number of nitrogens with one attached hydrogen (secondary N) is 2. The van der Waals surface area contributed by atoms with Crippen LogP contribution in [0.3, 0.4) is 0 Å². The Balaban J connectivity index is 2.73. The van der Waals surface area contributed by atoms with Gasteiger partial charge in [0.2, 0.25) is 0 Å². The largest absolute Gasteiger partial charge is 0.465 e. The third-order valence-electron chi connectivity index (χ3n) is 1.57. The fourth-order valence-corrected chi connectivity index (χ4v) is 0.867. The normalized spacial score (nSPS) is 12.5. The first-order valence-electron chi connectivity index (χ1n) is 3.96. The van der Waals surface area contributed by atoms with Gasteiger partial charge in [-0.1, -0.05) is 0 Å². The second-order valence-corrected chi connectivity index (χ2v) is 2.54. The van der Waals surface area contributed by atoms with Crippen molar-refractivity contribution < 1.29 is 9.53 Å². The summed E-state index contributed by atoms with van der Waals surface area (Å²) in [4.78, 5) is 24.2. The Hall–Kier alpha value is -1.59. The third-order valence-corrected chi connectivity index (χ3v) is 1.57. The van der Waals surface area contributed by atoms with Gasteiger partial charge < -0.3 is 4.74 Å². The molecule has 13 heavy (non-hydrogen) atoms. The average molecular weight is 185 g/mol. The molecular formula is C7H11N3O3. The van der Waals surface area contributed by atoms with Gasteiger partial charge in [0.15, 0.2) is 0 Å². The van der Waals surface area contributed by atoms with Crippen molar-refractivity contribution in [2.75, 3.05) is 6.61 Å². The van der Waals surface area contributed by atoms with Crippen LogP contribution in [0, 0.1) is 0 Å². The maximum atomic E-state index is 11.2. The molecule has 72 valence electrons. The minimum absolute atomic E-state index is 0.295. The van der Waals surface area contributed by atoms with Crippen LogP contribution < -0.4 is 5.69 Å². The van der Waals surface area contributed by atoms with Crippen molar-refractivity contribution in [3.05, 3.63) is 16.3 Å². The predicted molar refractivity (Wildman–Crippen MR) is 44.3 cm³/mol. The third kappa shape index (κ3) is 2.17. The first-order valence-corrected chi connectivity index (χ1v) is 3.96. The number of aromatic nitrogens is 3. The Labute approximate surface area is 74.3 Å². The number of carbonyl (C=O) groups excluding carboxylic acids is 1. The van der Waals surface area contributed by atoms with Gasteiger partial charge in [-0.15, -0.1) is 0 Å². The molecule has 1 unspecified atom stereocenters. The van der Waals surface area contributed by atoms with Crippen molar-refractivity contribution in [3.8, 4) is 0 Å². The molecule has 0 saturated carbocycles. The molecular weight excluding hydrogens is 174 g/mol. The zero-order chi connectivity index (χ0) is 9.84. The maximum Gasteiger partial charge on any atom is 0.340 e. The molecule has 2 N–H and O–H groups in total. The summed E-state index contributed by atoms with van der Waals surface area (Å²) in [6, 6.07) is 0. The molecule has 0 spiro atoms. The van der Waals surface area contributed by atoms with Crippen LogP contribution >= 0.6 is 0 Å². The van der Waals surface area contributed by atoms with Crippen molar-refractivity contribution in [1.29, 1.82) is 0 Å². The van der Waals surface area contributed by atoms with Crippen LogP contribution in [-0.4, -0.2) is 27.8 Å². The summed E-state index contributed by atoms with van der Waals surface area (Å²) in [5, 5.41) is 5.80. The zero-order valence-corrected chi connectivity index (χ0v) is 7.46. The molecule has 1 atom stereocenters. The van der Waals surface area contributed by atoms with E-state index in [-0.39, 0.29) is 0 Å². The van der Waals surface area contributed by atoms with E-state index in [2.05, 4.69) is 15.2 Å². The molecule has 0 aliphatic rings. The van der Waals surface area contributed by atoms with Crippen LogP contribution in [0.1, 0.15) is 25.6 Å². The van der Waals surface area contributed by atoms with Gasteiger partial charge in [0.1, 0.15) is 11.7 Å². The van der Waals surface area contributed by atoms with Crippen LogP contribution in [-0.2, 0) is 9.53 Å². The van der Waals surface area contributed by atoms with Crippen LogP contribution in [0.2, 0.25) is 0 Å². The van der Waals surface area contributed by atoms with Gasteiger partial charge >= 0.3 is 11.7 Å². The van der Waals surface area contributed by atoms with E-state index in [1.54, 1.807) is 13.8 Å². The highest BCUT2D eigenvalue weighted by Crippen LogP contribution is 2.09. The van der Waals surface area contributed by atoms with E-state index >= 15 is 0 Å². The highest BCUT2D eigenvalue weighted by atomic mass is 16.5. The summed E-state index contributed by atoms with van der Waals surface area (Å²) in [7, 11) is 0. The smallest absolute Gasteiger partial charge is 0.340 e. The van der Waals surface area contributed by atoms with E-state index in [9.17, 15) is 9.59 Å². The van der Waals surface area contributed by atoms with Gasteiger partial charge in [-0.05, 0) is 13.8 Å². The quantitative estimate of drug-likeness (QED) is 0.636. The molecule has 6 nitrogen and oxygen atoms in total. The van der Waals surface area contributed by atoms with Gasteiger partial charge in [-0.25, -0.2) is 9.89 Å². The van der Waals surface area contributed by atoms with Gasteiger partial charge in [0.05, 0.1) is 6.61 Å². The van der Waals surface area contributed by atoms with E-state index in [0.717, 1.165) is 0 Å². The monoisotopic (exact) mass is 185 g/mol. The van der Waals surface area contributed by atoms with E-state index in [1.165, 1.54) is 0 Å². The topological polar surface area (TPSA) is 87.8 Å². The van der Waals surface area contributed by atoms with Gasteiger partial charge in [-0.2, -0.15) is 5.10 Å². The minimum Gasteiger partial charge on any atom is -0.465 e. The standard InChI is InChI=1S/C7H11N3O3/c1-3-13-6(11)4(2)5-8-7(12)10-9-5/h4H,3H2,1-2H3,(H2,8,9,10,12). The summed E-state index contributed by atoms with van der Waals surface area (Å²) in [5.41, 5.74) is -0.425. The lowest BCUT2D eigenvalue weighted by Crippen LogP contribution is -2.15. The van der Waals surface area contributed by atoms with Crippen LogP contribution in [0.25, 0.3) is 0 Å². The van der Waals surface area contributed by atoms with Crippen molar-refractivity contribution in [3.63, 3.8) is 0 Å². The zero-order valence-electron chi connectivity index (χ0n) is 7.46. The van der Waals surface area contributed by atoms with Crippen molar-refractivity contribution in [2.24, 2.45) is 0 Å². The molecule has 1 aromatic heterocycles. The maximum absolute atomic E-state index is 11.2. The summed E-state index contributed by atoms with van der Waals surface area (Å²) in [6.07, 6.45) is 0. The Morgan fingerprint density at radius 2 is 2.38 bits per heavy atom. The molecule has 0 fully saturated rings. The summed E-state index contributed by atoms with van der Waals surface area (Å²) < 4.78 is 4.75. The van der Waals surface area contributed by atoms with Crippen LogP contribution in [0.4, 0.5) is 0 Å². The second-order valence-electron chi connectivity index (χ2n) is 2.54. The van der Waals surface area contributed by atoms with Gasteiger partial charge in [0.25, 0.3) is 0 Å². The summed E-state index contributed by atoms with van der Waals surface area (Å²) in [6.45, 7) is 3.65. The molecule has 1 aromatic rings. The predicted octanol–water partition coefficient (Wildman–Crippen LogP) is -0.235. The number of hydrogen-bond acceptors (Lipinski definition) is 4. The Bertz CT molecular complexity index is 341. The SMILES string of the molecule is CCOC(=O)C(C)c1n[nH]c(=O)[nH]1. The number of aromatic amines is 2. The first kappa shape index (κ1) is 9.50. The fourth-order valence-electron chi connectivity index (χ4n) is 0.867. The van der Waals surface area contributed by atoms with Gasteiger partial charge in [0, 0.05) is 0 Å². The van der Waals surface area contributed by atoms with Gasteiger partial charge in [-0.3, -0.25) is 9.78 Å².